The Hall–Kier alpha value is -0.970. The molecular weight excluding hydrogens is 214 g/mol. The van der Waals surface area contributed by atoms with E-state index >= 15 is 0 Å². The van der Waals surface area contributed by atoms with E-state index < -0.39 is 0 Å². The molecule has 4 nitrogen and oxygen atoms in total. The normalized spacial score (nSPS) is 22.6. The Morgan fingerprint density at radius 3 is 3.12 bits per heavy atom. The summed E-state index contributed by atoms with van der Waals surface area (Å²) in [5.41, 5.74) is 1.11. The summed E-state index contributed by atoms with van der Waals surface area (Å²) in [6.07, 6.45) is 2.14. The lowest BCUT2D eigenvalue weighted by atomic mass is 10.1. The van der Waals surface area contributed by atoms with E-state index in [0.717, 1.165) is 31.9 Å². The van der Waals surface area contributed by atoms with Gasteiger partial charge in [-0.15, -0.1) is 0 Å². The molecular formula is C13H21N3O. The van der Waals surface area contributed by atoms with Crippen LogP contribution in [0.4, 0.5) is 0 Å². The zero-order valence-corrected chi connectivity index (χ0v) is 10.6. The zero-order valence-electron chi connectivity index (χ0n) is 10.6. The van der Waals surface area contributed by atoms with Crippen LogP contribution in [0.15, 0.2) is 24.4 Å². The number of rotatable bonds is 4. The molecule has 2 unspecified atom stereocenters. The second-order valence-corrected chi connectivity index (χ2v) is 4.57. The summed E-state index contributed by atoms with van der Waals surface area (Å²) < 4.78 is 5.71. The van der Waals surface area contributed by atoms with Crippen LogP contribution in [0.1, 0.15) is 18.7 Å². The second kappa shape index (κ2) is 6.10. The minimum Gasteiger partial charge on any atom is -0.374 e. The van der Waals surface area contributed by atoms with Crippen LogP contribution in [-0.4, -0.2) is 49.3 Å². The van der Waals surface area contributed by atoms with Crippen molar-refractivity contribution in [1.29, 1.82) is 0 Å². The molecule has 1 fully saturated rings. The topological polar surface area (TPSA) is 37.4 Å². The van der Waals surface area contributed by atoms with Crippen molar-refractivity contribution in [3.8, 4) is 0 Å². The van der Waals surface area contributed by atoms with Crippen molar-refractivity contribution in [2.75, 3.05) is 33.3 Å². The van der Waals surface area contributed by atoms with Crippen molar-refractivity contribution in [2.45, 2.75) is 19.1 Å². The highest BCUT2D eigenvalue weighted by Crippen LogP contribution is 2.16. The number of hydrogen-bond acceptors (Lipinski definition) is 4. The maximum atomic E-state index is 5.71. The first kappa shape index (κ1) is 12.5. The molecule has 1 aliphatic rings. The number of morpholine rings is 1. The fourth-order valence-corrected chi connectivity index (χ4v) is 2.07. The van der Waals surface area contributed by atoms with Crippen LogP contribution in [-0.2, 0) is 4.74 Å². The third-order valence-corrected chi connectivity index (χ3v) is 3.27. The summed E-state index contributed by atoms with van der Waals surface area (Å²) in [4.78, 5) is 6.69. The van der Waals surface area contributed by atoms with Crippen LogP contribution in [0.25, 0.3) is 0 Å². The van der Waals surface area contributed by atoms with Gasteiger partial charge in [-0.05, 0) is 26.1 Å². The van der Waals surface area contributed by atoms with Crippen molar-refractivity contribution in [3.63, 3.8) is 0 Å². The lowest BCUT2D eigenvalue weighted by molar-refractivity contribution is 0.00365. The van der Waals surface area contributed by atoms with Gasteiger partial charge in [-0.25, -0.2) is 0 Å². The van der Waals surface area contributed by atoms with Gasteiger partial charge in [0.25, 0.3) is 0 Å². The molecule has 0 aliphatic carbocycles. The largest absolute Gasteiger partial charge is 0.374 e. The molecule has 0 spiro atoms. The quantitative estimate of drug-likeness (QED) is 0.847. The van der Waals surface area contributed by atoms with Gasteiger partial charge in [-0.3, -0.25) is 9.88 Å². The summed E-state index contributed by atoms with van der Waals surface area (Å²) in [7, 11) is 2.12. The zero-order chi connectivity index (χ0) is 12.1. The van der Waals surface area contributed by atoms with E-state index in [0.29, 0.717) is 12.1 Å². The first-order valence-electron chi connectivity index (χ1n) is 6.21. The molecule has 1 saturated heterocycles. The van der Waals surface area contributed by atoms with Gasteiger partial charge in [0.05, 0.1) is 18.4 Å². The number of likely N-dealkylation sites (N-methyl/N-ethyl adjacent to an activating group) is 1. The van der Waals surface area contributed by atoms with Gasteiger partial charge in [0.1, 0.15) is 0 Å². The van der Waals surface area contributed by atoms with Gasteiger partial charge in [0.15, 0.2) is 0 Å². The van der Waals surface area contributed by atoms with Gasteiger partial charge < -0.3 is 10.1 Å². The van der Waals surface area contributed by atoms with E-state index in [1.807, 2.05) is 18.3 Å². The van der Waals surface area contributed by atoms with Gasteiger partial charge >= 0.3 is 0 Å². The van der Waals surface area contributed by atoms with Crippen LogP contribution in [0.2, 0.25) is 0 Å². The maximum absolute atomic E-state index is 5.71. The Labute approximate surface area is 103 Å². The van der Waals surface area contributed by atoms with E-state index in [1.54, 1.807) is 0 Å². The Balaban J connectivity index is 1.88. The smallest absolute Gasteiger partial charge is 0.0826 e. The molecule has 0 aromatic carbocycles. The Bertz CT molecular complexity index is 325. The minimum atomic E-state index is 0.292. The molecule has 1 N–H and O–H groups in total. The average Bonchev–Trinajstić information content (AvgIpc) is 2.40. The SMILES string of the molecule is CC(c1ccccn1)N(C)CC1CNCCO1. The summed E-state index contributed by atoms with van der Waals surface area (Å²) >= 11 is 0. The van der Waals surface area contributed by atoms with E-state index in [1.165, 1.54) is 0 Å². The second-order valence-electron chi connectivity index (χ2n) is 4.57. The number of hydrogen-bond donors (Lipinski definition) is 1. The Morgan fingerprint density at radius 1 is 1.59 bits per heavy atom. The van der Waals surface area contributed by atoms with Crippen molar-refractivity contribution < 1.29 is 4.74 Å². The molecule has 0 radical (unpaired) electrons. The van der Waals surface area contributed by atoms with E-state index in [4.69, 9.17) is 4.74 Å². The van der Waals surface area contributed by atoms with E-state index in [9.17, 15) is 0 Å². The highest BCUT2D eigenvalue weighted by Gasteiger charge is 2.19. The van der Waals surface area contributed by atoms with Crippen LogP contribution >= 0.6 is 0 Å². The number of ether oxygens (including phenoxy) is 1. The molecule has 0 saturated carbocycles. The number of pyridine rings is 1. The monoisotopic (exact) mass is 235 g/mol. The van der Waals surface area contributed by atoms with Crippen LogP contribution in [0, 0.1) is 0 Å². The molecule has 0 amide bonds. The third-order valence-electron chi connectivity index (χ3n) is 3.27. The molecule has 2 atom stereocenters. The Morgan fingerprint density at radius 2 is 2.47 bits per heavy atom. The van der Waals surface area contributed by atoms with Crippen LogP contribution in [0.3, 0.4) is 0 Å². The molecule has 4 heteroatoms. The average molecular weight is 235 g/mol. The Kier molecular flexibility index (Phi) is 4.48. The van der Waals surface area contributed by atoms with Gasteiger partial charge in [-0.2, -0.15) is 0 Å². The minimum absolute atomic E-state index is 0.292. The molecule has 94 valence electrons. The molecule has 1 aromatic heterocycles. The van der Waals surface area contributed by atoms with Crippen molar-refractivity contribution in [1.82, 2.24) is 15.2 Å². The summed E-state index contributed by atoms with van der Waals surface area (Å²) in [6, 6.07) is 6.37. The van der Waals surface area contributed by atoms with E-state index in [2.05, 4.69) is 35.2 Å². The van der Waals surface area contributed by atoms with Gasteiger partial charge in [0, 0.05) is 31.9 Å². The van der Waals surface area contributed by atoms with Gasteiger partial charge in [0.2, 0.25) is 0 Å². The predicted molar refractivity (Wildman–Crippen MR) is 67.9 cm³/mol. The first-order chi connectivity index (χ1) is 8.27. The van der Waals surface area contributed by atoms with Crippen LogP contribution in [0.5, 0.6) is 0 Å². The fraction of sp³-hybridized carbons (Fsp3) is 0.615. The standard InChI is InChI=1S/C13H21N3O/c1-11(13-5-3-4-6-15-13)16(2)10-12-9-14-7-8-17-12/h3-6,11-12,14H,7-10H2,1-2H3. The molecule has 2 heterocycles. The maximum Gasteiger partial charge on any atom is 0.0826 e. The van der Waals surface area contributed by atoms with Crippen LogP contribution < -0.4 is 5.32 Å². The number of nitrogens with zero attached hydrogens (tertiary/aromatic N) is 2. The van der Waals surface area contributed by atoms with Crippen molar-refractivity contribution in [3.05, 3.63) is 30.1 Å². The number of aromatic nitrogens is 1. The highest BCUT2D eigenvalue weighted by molar-refractivity contribution is 5.07. The molecule has 2 rings (SSSR count). The lowest BCUT2D eigenvalue weighted by Gasteiger charge is -2.31. The fourth-order valence-electron chi connectivity index (χ4n) is 2.07. The summed E-state index contributed by atoms with van der Waals surface area (Å²) in [5.74, 6) is 0. The van der Waals surface area contributed by atoms with Crippen molar-refractivity contribution in [2.24, 2.45) is 0 Å². The summed E-state index contributed by atoms with van der Waals surface area (Å²) in [6.45, 7) is 5.84. The molecule has 17 heavy (non-hydrogen) atoms. The molecule has 0 bridgehead atoms. The highest BCUT2D eigenvalue weighted by atomic mass is 16.5. The number of nitrogens with one attached hydrogen (secondary N) is 1. The molecule has 1 aromatic rings. The summed E-state index contributed by atoms with van der Waals surface area (Å²) in [5, 5.41) is 3.35. The predicted octanol–water partition coefficient (Wildman–Crippen LogP) is 1.06. The lowest BCUT2D eigenvalue weighted by Crippen LogP contribution is -2.44. The van der Waals surface area contributed by atoms with Gasteiger partial charge in [-0.1, -0.05) is 6.07 Å². The van der Waals surface area contributed by atoms with Crippen molar-refractivity contribution >= 4 is 0 Å². The first-order valence-corrected chi connectivity index (χ1v) is 6.21. The third kappa shape index (κ3) is 3.49. The van der Waals surface area contributed by atoms with E-state index in [-0.39, 0.29) is 0 Å². The molecule has 1 aliphatic heterocycles.